The lowest BCUT2D eigenvalue weighted by molar-refractivity contribution is 0.0790. The van der Waals surface area contributed by atoms with Crippen molar-refractivity contribution in [3.8, 4) is 0 Å². The van der Waals surface area contributed by atoms with E-state index in [1.165, 1.54) is 18.4 Å². The molecule has 2 aliphatic rings. The maximum Gasteiger partial charge on any atom is 0.128 e. The molecular weight excluding hydrogens is 248 g/mol. The van der Waals surface area contributed by atoms with Crippen molar-refractivity contribution in [1.29, 1.82) is 0 Å². The number of aliphatic hydroxyl groups excluding tert-OH is 1. The number of aliphatic hydroxyl groups is 1. The van der Waals surface area contributed by atoms with Gasteiger partial charge < -0.3 is 10.0 Å². The molecule has 0 spiro atoms. The van der Waals surface area contributed by atoms with Crippen molar-refractivity contribution in [1.82, 2.24) is 4.98 Å². The van der Waals surface area contributed by atoms with Crippen LogP contribution in [0.5, 0.6) is 0 Å². The second kappa shape index (κ2) is 6.57. The monoisotopic (exact) mass is 276 g/mol. The number of hydrogen-bond donors (Lipinski definition) is 1. The van der Waals surface area contributed by atoms with Crippen LogP contribution in [0.25, 0.3) is 0 Å². The van der Waals surface area contributed by atoms with Crippen molar-refractivity contribution in [3.05, 3.63) is 23.9 Å². The zero-order chi connectivity index (χ0) is 14.7. The molecule has 3 rings (SSSR count). The third-order valence-corrected chi connectivity index (χ3v) is 4.55. The first-order valence-corrected chi connectivity index (χ1v) is 8.04. The molecule has 1 aliphatic carbocycles. The maximum absolute atomic E-state index is 10.0. The Bertz CT molecular complexity index is 402. The smallest absolute Gasteiger partial charge is 0.128 e. The number of anilines is 1. The van der Waals surface area contributed by atoms with Gasteiger partial charge in [0, 0.05) is 31.1 Å². The molecule has 0 amide bonds. The van der Waals surface area contributed by atoms with Gasteiger partial charge in [-0.15, -0.1) is 0 Å². The molecule has 20 heavy (non-hydrogen) atoms. The van der Waals surface area contributed by atoms with E-state index >= 15 is 0 Å². The van der Waals surface area contributed by atoms with E-state index in [0.717, 1.165) is 18.9 Å². The third-order valence-electron chi connectivity index (χ3n) is 4.55. The number of hydrogen-bond acceptors (Lipinski definition) is 3. The lowest BCUT2D eigenvalue weighted by atomic mass is 9.95. The van der Waals surface area contributed by atoms with Crippen LogP contribution in [0.15, 0.2) is 18.3 Å². The summed E-state index contributed by atoms with van der Waals surface area (Å²) in [4.78, 5) is 6.94. The van der Waals surface area contributed by atoms with Crippen molar-refractivity contribution in [2.24, 2.45) is 11.8 Å². The Hall–Kier alpha value is -1.09. The molecule has 3 heteroatoms. The lowest BCUT2D eigenvalue weighted by Crippen LogP contribution is -2.45. The number of nitrogens with zero attached hydrogens (tertiary/aromatic N) is 2. The Balaban J connectivity index is 0.000000704. The SMILES string of the molecule is CC.CC(C)c1ccc(N2CC3CCC(C2)C3O)nc1. The van der Waals surface area contributed by atoms with Gasteiger partial charge in [-0.05, 0) is 30.4 Å². The topological polar surface area (TPSA) is 36.4 Å². The van der Waals surface area contributed by atoms with Crippen LogP contribution in [-0.4, -0.2) is 29.3 Å². The second-order valence-electron chi connectivity index (χ2n) is 6.10. The Morgan fingerprint density at radius 3 is 2.20 bits per heavy atom. The molecule has 1 aromatic rings. The summed E-state index contributed by atoms with van der Waals surface area (Å²) in [6.45, 7) is 10.3. The van der Waals surface area contributed by atoms with Crippen molar-refractivity contribution >= 4 is 5.82 Å². The molecule has 1 saturated heterocycles. The highest BCUT2D eigenvalue weighted by molar-refractivity contribution is 5.41. The summed E-state index contributed by atoms with van der Waals surface area (Å²) in [6.07, 6.45) is 4.27. The quantitative estimate of drug-likeness (QED) is 0.899. The predicted molar refractivity (Wildman–Crippen MR) is 84.1 cm³/mol. The molecule has 1 aromatic heterocycles. The van der Waals surface area contributed by atoms with E-state index in [1.54, 1.807) is 0 Å². The third kappa shape index (κ3) is 2.98. The van der Waals surface area contributed by atoms with E-state index in [9.17, 15) is 5.11 Å². The van der Waals surface area contributed by atoms with Gasteiger partial charge in [-0.3, -0.25) is 0 Å². The molecule has 1 N–H and O–H groups in total. The van der Waals surface area contributed by atoms with Gasteiger partial charge in [-0.25, -0.2) is 4.98 Å². The molecule has 1 saturated carbocycles. The van der Waals surface area contributed by atoms with Crippen LogP contribution in [0.2, 0.25) is 0 Å². The van der Waals surface area contributed by atoms with Crippen molar-refractivity contribution in [2.45, 2.75) is 52.6 Å². The Morgan fingerprint density at radius 1 is 1.15 bits per heavy atom. The van der Waals surface area contributed by atoms with E-state index in [2.05, 4.69) is 35.9 Å². The highest BCUT2D eigenvalue weighted by atomic mass is 16.3. The zero-order valence-corrected chi connectivity index (χ0v) is 13.2. The summed E-state index contributed by atoms with van der Waals surface area (Å²) in [5.41, 5.74) is 1.29. The molecule has 2 bridgehead atoms. The van der Waals surface area contributed by atoms with Crippen molar-refractivity contribution < 1.29 is 5.11 Å². The van der Waals surface area contributed by atoms with E-state index < -0.39 is 0 Å². The first kappa shape index (κ1) is 15.3. The fourth-order valence-corrected chi connectivity index (χ4v) is 3.31. The molecule has 0 radical (unpaired) electrons. The maximum atomic E-state index is 10.0. The van der Waals surface area contributed by atoms with E-state index in [-0.39, 0.29) is 6.10 Å². The fourth-order valence-electron chi connectivity index (χ4n) is 3.31. The minimum atomic E-state index is -0.0730. The van der Waals surface area contributed by atoms with Crippen LogP contribution < -0.4 is 4.90 Å². The predicted octanol–water partition coefficient (Wildman–Crippen LogP) is 3.44. The minimum Gasteiger partial charge on any atom is -0.392 e. The first-order valence-electron chi connectivity index (χ1n) is 8.04. The van der Waals surface area contributed by atoms with E-state index in [4.69, 9.17) is 0 Å². The summed E-state index contributed by atoms with van der Waals surface area (Å²) in [7, 11) is 0. The Labute approximate surface area is 123 Å². The average molecular weight is 276 g/mol. The zero-order valence-electron chi connectivity index (χ0n) is 13.2. The van der Waals surface area contributed by atoms with Crippen LogP contribution >= 0.6 is 0 Å². The number of piperidine rings is 1. The molecule has 2 unspecified atom stereocenters. The first-order chi connectivity index (χ1) is 9.65. The molecule has 2 atom stereocenters. The molecule has 2 heterocycles. The van der Waals surface area contributed by atoms with Crippen LogP contribution in [0.3, 0.4) is 0 Å². The number of fused-ring (bicyclic) bond motifs is 2. The normalized spacial score (nSPS) is 28.3. The lowest BCUT2D eigenvalue weighted by Gasteiger charge is -2.36. The van der Waals surface area contributed by atoms with Gasteiger partial charge in [-0.1, -0.05) is 33.8 Å². The second-order valence-corrected chi connectivity index (χ2v) is 6.10. The van der Waals surface area contributed by atoms with Gasteiger partial charge in [0.25, 0.3) is 0 Å². The summed E-state index contributed by atoms with van der Waals surface area (Å²) in [5, 5.41) is 10.0. The highest BCUT2D eigenvalue weighted by Gasteiger charge is 2.41. The minimum absolute atomic E-state index is 0.0730. The van der Waals surface area contributed by atoms with Gasteiger partial charge >= 0.3 is 0 Å². The Morgan fingerprint density at radius 2 is 1.75 bits per heavy atom. The van der Waals surface area contributed by atoms with Crippen LogP contribution in [-0.2, 0) is 0 Å². The summed E-state index contributed by atoms with van der Waals surface area (Å²) in [6, 6.07) is 4.31. The van der Waals surface area contributed by atoms with E-state index in [0.29, 0.717) is 17.8 Å². The van der Waals surface area contributed by atoms with E-state index in [1.807, 2.05) is 20.0 Å². The van der Waals surface area contributed by atoms with Crippen LogP contribution in [0, 0.1) is 11.8 Å². The molecule has 1 aliphatic heterocycles. The average Bonchev–Trinajstić information content (AvgIpc) is 2.70. The number of aromatic nitrogens is 1. The molecule has 112 valence electrons. The molecule has 3 nitrogen and oxygen atoms in total. The molecular formula is C17H28N2O. The highest BCUT2D eigenvalue weighted by Crippen LogP contribution is 2.38. The number of pyridine rings is 1. The summed E-state index contributed by atoms with van der Waals surface area (Å²) >= 11 is 0. The Kier molecular flexibility index (Phi) is 5.03. The van der Waals surface area contributed by atoms with Gasteiger partial charge in [0.2, 0.25) is 0 Å². The summed E-state index contributed by atoms with van der Waals surface area (Å²) in [5.74, 6) is 2.51. The van der Waals surface area contributed by atoms with Gasteiger partial charge in [0.15, 0.2) is 0 Å². The standard InChI is InChI=1S/C15H22N2O.C2H6/c1-10(2)11-5-6-14(16-7-11)17-8-12-3-4-13(9-17)15(12)18;1-2/h5-7,10,12-13,15,18H,3-4,8-9H2,1-2H3;1-2H3. The number of rotatable bonds is 2. The van der Waals surface area contributed by atoms with Crippen LogP contribution in [0.4, 0.5) is 5.82 Å². The summed E-state index contributed by atoms with van der Waals surface area (Å²) < 4.78 is 0. The molecule has 2 fully saturated rings. The van der Waals surface area contributed by atoms with Crippen molar-refractivity contribution in [2.75, 3.05) is 18.0 Å². The van der Waals surface area contributed by atoms with Crippen molar-refractivity contribution in [3.63, 3.8) is 0 Å². The van der Waals surface area contributed by atoms with Gasteiger partial charge in [-0.2, -0.15) is 0 Å². The van der Waals surface area contributed by atoms with Crippen LogP contribution in [0.1, 0.15) is 52.0 Å². The largest absolute Gasteiger partial charge is 0.392 e. The van der Waals surface area contributed by atoms with Gasteiger partial charge in [0.05, 0.1) is 6.10 Å². The fraction of sp³-hybridized carbons (Fsp3) is 0.706. The van der Waals surface area contributed by atoms with Gasteiger partial charge in [0.1, 0.15) is 5.82 Å². The molecule has 0 aromatic carbocycles.